The number of hydrogen-bond donors (Lipinski definition) is 3. The predicted molar refractivity (Wildman–Crippen MR) is 38.4 cm³/mol. The van der Waals surface area contributed by atoms with Gasteiger partial charge in [0.1, 0.15) is 0 Å². The van der Waals surface area contributed by atoms with E-state index < -0.39 is 0 Å². The Balaban J connectivity index is 3.09. The lowest BCUT2D eigenvalue weighted by Crippen LogP contribution is -2.34. The Hall–Kier alpha value is -0.610. The van der Waals surface area contributed by atoms with E-state index in [1.165, 1.54) is 0 Å². The summed E-state index contributed by atoms with van der Waals surface area (Å²) in [7, 11) is 0. The van der Waals surface area contributed by atoms with Gasteiger partial charge in [0.05, 0.1) is 13.3 Å². The van der Waals surface area contributed by atoms with Gasteiger partial charge in [0, 0.05) is 6.54 Å². The maximum Gasteiger partial charge on any atom is 0.234 e. The first kappa shape index (κ1) is 9.39. The lowest BCUT2D eigenvalue weighted by Gasteiger charge is -2.01. The average Bonchev–Trinajstić information content (AvgIpc) is 1.97. The fourth-order valence-corrected chi connectivity index (χ4v) is 0.496. The first-order valence-corrected chi connectivity index (χ1v) is 3.39. The Morgan fingerprint density at radius 1 is 1.60 bits per heavy atom. The topological polar surface area (TPSA) is 61.4 Å². The lowest BCUT2D eigenvalue weighted by atomic mass is 10.4. The SMILES string of the molecule is CCCNC(=O)CNCO. The number of carbonyl (C=O) groups is 1. The maximum atomic E-state index is 10.7. The fraction of sp³-hybridized carbons (Fsp3) is 0.833. The Bertz CT molecular complexity index is 85.7. The first-order chi connectivity index (χ1) is 4.81. The van der Waals surface area contributed by atoms with Crippen molar-refractivity contribution < 1.29 is 9.90 Å². The largest absolute Gasteiger partial charge is 0.381 e. The molecule has 3 N–H and O–H groups in total. The van der Waals surface area contributed by atoms with Crippen LogP contribution in [0, 0.1) is 0 Å². The molecule has 1 amide bonds. The molecular weight excluding hydrogens is 132 g/mol. The standard InChI is InChI=1S/C6H14N2O2/c1-2-3-8-6(10)4-7-5-9/h7,9H,2-5H2,1H3,(H,8,10). The van der Waals surface area contributed by atoms with Crippen molar-refractivity contribution in [3.63, 3.8) is 0 Å². The summed E-state index contributed by atoms with van der Waals surface area (Å²) >= 11 is 0. The third kappa shape index (κ3) is 5.53. The van der Waals surface area contributed by atoms with Crippen molar-refractivity contribution in [1.29, 1.82) is 0 Å². The summed E-state index contributed by atoms with van der Waals surface area (Å²) in [4.78, 5) is 10.7. The Morgan fingerprint density at radius 2 is 2.30 bits per heavy atom. The molecule has 0 aromatic rings. The second-order valence-electron chi connectivity index (χ2n) is 1.93. The quantitative estimate of drug-likeness (QED) is 0.438. The molecule has 0 bridgehead atoms. The summed E-state index contributed by atoms with van der Waals surface area (Å²) in [6, 6.07) is 0. The van der Waals surface area contributed by atoms with Gasteiger partial charge in [-0.15, -0.1) is 0 Å². The van der Waals surface area contributed by atoms with Crippen molar-refractivity contribution in [3.8, 4) is 0 Å². The van der Waals surface area contributed by atoms with Gasteiger partial charge in [0.25, 0.3) is 0 Å². The van der Waals surface area contributed by atoms with Crippen molar-refractivity contribution in [2.45, 2.75) is 13.3 Å². The highest BCUT2D eigenvalue weighted by Crippen LogP contribution is 1.69. The molecule has 0 heterocycles. The van der Waals surface area contributed by atoms with Crippen molar-refractivity contribution in [2.75, 3.05) is 19.8 Å². The van der Waals surface area contributed by atoms with Crippen molar-refractivity contribution in [1.82, 2.24) is 10.6 Å². The molecule has 0 aromatic heterocycles. The Kier molecular flexibility index (Phi) is 6.11. The zero-order valence-electron chi connectivity index (χ0n) is 6.18. The summed E-state index contributed by atoms with van der Waals surface area (Å²) in [6.07, 6.45) is 0.935. The van der Waals surface area contributed by atoms with E-state index in [1.807, 2.05) is 6.92 Å². The second kappa shape index (κ2) is 6.51. The van der Waals surface area contributed by atoms with Gasteiger partial charge in [-0.1, -0.05) is 6.92 Å². The minimum atomic E-state index is -0.153. The highest BCUT2D eigenvalue weighted by Gasteiger charge is 1.95. The van der Waals surface area contributed by atoms with Crippen LogP contribution in [0.25, 0.3) is 0 Å². The number of rotatable bonds is 5. The van der Waals surface area contributed by atoms with E-state index >= 15 is 0 Å². The predicted octanol–water partition coefficient (Wildman–Crippen LogP) is -0.948. The molecule has 0 aliphatic heterocycles. The number of hydrogen-bond acceptors (Lipinski definition) is 3. The molecule has 4 nitrogen and oxygen atoms in total. The molecule has 0 fully saturated rings. The van der Waals surface area contributed by atoms with Gasteiger partial charge in [-0.25, -0.2) is 0 Å². The first-order valence-electron chi connectivity index (χ1n) is 3.39. The molecule has 0 aliphatic carbocycles. The van der Waals surface area contributed by atoms with Crippen molar-refractivity contribution in [2.24, 2.45) is 0 Å². The van der Waals surface area contributed by atoms with E-state index in [0.29, 0.717) is 6.54 Å². The summed E-state index contributed by atoms with van der Waals surface area (Å²) in [5.41, 5.74) is 0. The Morgan fingerprint density at radius 3 is 2.80 bits per heavy atom. The van der Waals surface area contributed by atoms with Gasteiger partial charge in [0.2, 0.25) is 5.91 Å². The molecule has 0 spiro atoms. The van der Waals surface area contributed by atoms with Crippen LogP contribution >= 0.6 is 0 Å². The summed E-state index contributed by atoms with van der Waals surface area (Å²) in [5.74, 6) is -0.0732. The number of amides is 1. The third-order valence-corrected chi connectivity index (χ3v) is 0.970. The van der Waals surface area contributed by atoms with E-state index in [4.69, 9.17) is 5.11 Å². The van der Waals surface area contributed by atoms with E-state index in [9.17, 15) is 4.79 Å². The molecule has 10 heavy (non-hydrogen) atoms. The molecule has 0 radical (unpaired) electrons. The van der Waals surface area contributed by atoms with Gasteiger partial charge in [0.15, 0.2) is 0 Å². The molecular formula is C6H14N2O2. The second-order valence-corrected chi connectivity index (χ2v) is 1.93. The highest BCUT2D eigenvalue weighted by molar-refractivity contribution is 5.77. The van der Waals surface area contributed by atoms with Gasteiger partial charge in [-0.2, -0.15) is 0 Å². The molecule has 4 heteroatoms. The Labute approximate surface area is 60.6 Å². The molecule has 0 unspecified atom stereocenters. The minimum Gasteiger partial charge on any atom is -0.381 e. The molecule has 60 valence electrons. The number of aliphatic hydroxyl groups excluding tert-OH is 1. The summed E-state index contributed by atoms with van der Waals surface area (Å²) < 4.78 is 0. The van der Waals surface area contributed by atoms with Gasteiger partial charge >= 0.3 is 0 Å². The van der Waals surface area contributed by atoms with Crippen LogP contribution in [0.5, 0.6) is 0 Å². The number of nitrogens with one attached hydrogen (secondary N) is 2. The van der Waals surface area contributed by atoms with E-state index in [1.54, 1.807) is 0 Å². The monoisotopic (exact) mass is 146 g/mol. The van der Waals surface area contributed by atoms with Gasteiger partial charge in [-0.3, -0.25) is 10.1 Å². The van der Waals surface area contributed by atoms with Crippen molar-refractivity contribution >= 4 is 5.91 Å². The van der Waals surface area contributed by atoms with Gasteiger partial charge in [-0.05, 0) is 6.42 Å². The van der Waals surface area contributed by atoms with Crippen LogP contribution in [0.15, 0.2) is 0 Å². The molecule has 0 aromatic carbocycles. The summed E-state index contributed by atoms with van der Waals surface area (Å²) in [5, 5.41) is 13.4. The van der Waals surface area contributed by atoms with Crippen LogP contribution in [0.1, 0.15) is 13.3 Å². The fourth-order valence-electron chi connectivity index (χ4n) is 0.496. The maximum absolute atomic E-state index is 10.7. The third-order valence-electron chi connectivity index (χ3n) is 0.970. The molecule has 0 saturated heterocycles. The van der Waals surface area contributed by atoms with Crippen LogP contribution in [-0.2, 0) is 4.79 Å². The van der Waals surface area contributed by atoms with Crippen molar-refractivity contribution in [3.05, 3.63) is 0 Å². The summed E-state index contributed by atoms with van der Waals surface area (Å²) in [6.45, 7) is 2.72. The number of carbonyl (C=O) groups excluding carboxylic acids is 1. The van der Waals surface area contributed by atoms with Crippen LogP contribution in [0.2, 0.25) is 0 Å². The molecule has 0 atom stereocenters. The minimum absolute atomic E-state index is 0.0732. The molecule has 0 rings (SSSR count). The molecule has 0 saturated carbocycles. The average molecular weight is 146 g/mol. The van der Waals surface area contributed by atoms with Crippen LogP contribution in [0.3, 0.4) is 0 Å². The number of aliphatic hydroxyl groups is 1. The normalized spacial score (nSPS) is 9.40. The molecule has 0 aliphatic rings. The van der Waals surface area contributed by atoms with Gasteiger partial charge < -0.3 is 10.4 Å². The van der Waals surface area contributed by atoms with E-state index in [-0.39, 0.29) is 19.2 Å². The zero-order valence-corrected chi connectivity index (χ0v) is 6.18. The zero-order chi connectivity index (χ0) is 7.82. The van der Waals surface area contributed by atoms with E-state index in [0.717, 1.165) is 6.42 Å². The van der Waals surface area contributed by atoms with Crippen LogP contribution < -0.4 is 10.6 Å². The van der Waals surface area contributed by atoms with Crippen LogP contribution in [-0.4, -0.2) is 30.8 Å². The smallest absolute Gasteiger partial charge is 0.234 e. The van der Waals surface area contributed by atoms with E-state index in [2.05, 4.69) is 10.6 Å². The van der Waals surface area contributed by atoms with Crippen LogP contribution in [0.4, 0.5) is 0 Å². The highest BCUT2D eigenvalue weighted by atomic mass is 16.3. The lowest BCUT2D eigenvalue weighted by molar-refractivity contribution is -0.120.